The fourth-order valence-corrected chi connectivity index (χ4v) is 2.86. The number of piperazine rings is 1. The van der Waals surface area contributed by atoms with E-state index in [1.807, 2.05) is 13.0 Å². The first-order valence-corrected chi connectivity index (χ1v) is 8.58. The van der Waals surface area contributed by atoms with Gasteiger partial charge >= 0.3 is 5.97 Å². The number of rotatable bonds is 4. The predicted molar refractivity (Wildman–Crippen MR) is 94.6 cm³/mol. The number of furan rings is 1. The normalized spacial score (nSPS) is 14.8. The van der Waals surface area contributed by atoms with E-state index < -0.39 is 5.97 Å². The lowest BCUT2D eigenvalue weighted by Gasteiger charge is -2.35. The van der Waals surface area contributed by atoms with Crippen LogP contribution in [0.1, 0.15) is 52.4 Å². The second-order valence-electron chi connectivity index (χ2n) is 6.63. The van der Waals surface area contributed by atoms with Gasteiger partial charge in [0.1, 0.15) is 11.6 Å². The molecule has 3 heterocycles. The highest BCUT2D eigenvalue weighted by Gasteiger charge is 2.26. The zero-order valence-corrected chi connectivity index (χ0v) is 15.1. The number of hydrogen-bond donors (Lipinski definition) is 1. The van der Waals surface area contributed by atoms with Crippen LogP contribution in [-0.4, -0.2) is 58.0 Å². The molecule has 1 aliphatic heterocycles. The van der Waals surface area contributed by atoms with Crippen LogP contribution in [-0.2, 0) is 0 Å². The van der Waals surface area contributed by atoms with Gasteiger partial charge in [0.15, 0.2) is 5.76 Å². The molecule has 0 saturated carbocycles. The topological polar surface area (TPSA) is 99.8 Å². The lowest BCUT2D eigenvalue weighted by molar-refractivity contribution is 0.0648. The average molecular weight is 358 g/mol. The van der Waals surface area contributed by atoms with Crippen molar-refractivity contribution in [3.63, 3.8) is 0 Å². The maximum atomic E-state index is 12.5. The molecule has 1 saturated heterocycles. The Bertz CT molecular complexity index is 822. The minimum absolute atomic E-state index is 0.0517. The summed E-state index contributed by atoms with van der Waals surface area (Å²) in [6.07, 6.45) is 0. The summed E-state index contributed by atoms with van der Waals surface area (Å²) in [5, 5.41) is 8.90. The van der Waals surface area contributed by atoms with Crippen LogP contribution in [0.5, 0.6) is 0 Å². The van der Waals surface area contributed by atoms with Gasteiger partial charge in [-0.1, -0.05) is 13.8 Å². The first-order valence-electron chi connectivity index (χ1n) is 8.58. The van der Waals surface area contributed by atoms with Crippen LogP contribution in [0, 0.1) is 6.92 Å². The fraction of sp³-hybridized carbons (Fsp3) is 0.444. The minimum Gasteiger partial charge on any atom is -0.475 e. The van der Waals surface area contributed by atoms with Crippen molar-refractivity contribution in [1.82, 2.24) is 14.9 Å². The van der Waals surface area contributed by atoms with Gasteiger partial charge in [-0.15, -0.1) is 0 Å². The van der Waals surface area contributed by atoms with Gasteiger partial charge < -0.3 is 19.3 Å². The van der Waals surface area contributed by atoms with Crippen LogP contribution in [0.4, 0.5) is 5.82 Å². The molecule has 8 heteroatoms. The molecular formula is C18H22N4O4. The Balaban J connectivity index is 1.67. The molecule has 138 valence electrons. The van der Waals surface area contributed by atoms with Crippen molar-refractivity contribution >= 4 is 17.7 Å². The predicted octanol–water partition coefficient (Wildman–Crippen LogP) is 2.16. The Morgan fingerprint density at radius 1 is 1.12 bits per heavy atom. The number of anilines is 1. The smallest absolute Gasteiger partial charge is 0.371 e. The Labute approximate surface area is 151 Å². The molecular weight excluding hydrogens is 336 g/mol. The molecule has 1 N–H and O–H groups in total. The Kier molecular flexibility index (Phi) is 4.92. The van der Waals surface area contributed by atoms with E-state index in [9.17, 15) is 9.59 Å². The van der Waals surface area contributed by atoms with Gasteiger partial charge in [0.2, 0.25) is 5.76 Å². The molecule has 1 amide bonds. The molecule has 0 radical (unpaired) electrons. The SMILES string of the molecule is Cc1cc(N2CCN(C(=O)c3ccc(C(=O)O)o3)CC2)nc(C(C)C)n1. The summed E-state index contributed by atoms with van der Waals surface area (Å²) in [6, 6.07) is 4.65. The van der Waals surface area contributed by atoms with Crippen LogP contribution >= 0.6 is 0 Å². The molecule has 0 atom stereocenters. The minimum atomic E-state index is -1.19. The highest BCUT2D eigenvalue weighted by molar-refractivity contribution is 5.93. The first-order chi connectivity index (χ1) is 12.3. The van der Waals surface area contributed by atoms with Crippen LogP contribution < -0.4 is 4.90 Å². The highest BCUT2D eigenvalue weighted by Crippen LogP contribution is 2.20. The second-order valence-corrected chi connectivity index (χ2v) is 6.63. The van der Waals surface area contributed by atoms with E-state index in [4.69, 9.17) is 9.52 Å². The zero-order chi connectivity index (χ0) is 18.8. The van der Waals surface area contributed by atoms with E-state index in [0.717, 1.165) is 17.3 Å². The van der Waals surface area contributed by atoms with Crippen LogP contribution in [0.25, 0.3) is 0 Å². The Morgan fingerprint density at radius 3 is 2.35 bits per heavy atom. The number of hydrogen-bond acceptors (Lipinski definition) is 6. The highest BCUT2D eigenvalue weighted by atomic mass is 16.4. The third-order valence-corrected chi connectivity index (χ3v) is 4.29. The molecule has 2 aromatic rings. The van der Waals surface area contributed by atoms with E-state index in [1.54, 1.807) is 4.90 Å². The van der Waals surface area contributed by atoms with Gasteiger partial charge in [-0.05, 0) is 19.1 Å². The first kappa shape index (κ1) is 17.9. The van der Waals surface area contributed by atoms with Crippen molar-refractivity contribution < 1.29 is 19.1 Å². The largest absolute Gasteiger partial charge is 0.475 e. The number of aromatic nitrogens is 2. The van der Waals surface area contributed by atoms with E-state index in [2.05, 4.69) is 28.7 Å². The zero-order valence-electron chi connectivity index (χ0n) is 15.1. The Hall–Kier alpha value is -2.90. The molecule has 1 fully saturated rings. The molecule has 2 aromatic heterocycles. The van der Waals surface area contributed by atoms with Crippen molar-refractivity contribution in [3.05, 3.63) is 41.2 Å². The van der Waals surface area contributed by atoms with E-state index in [0.29, 0.717) is 26.2 Å². The summed E-state index contributed by atoms with van der Waals surface area (Å²) in [4.78, 5) is 36.2. The number of amides is 1. The van der Waals surface area contributed by atoms with Gasteiger partial charge in [-0.3, -0.25) is 4.79 Å². The average Bonchev–Trinajstić information content (AvgIpc) is 3.11. The van der Waals surface area contributed by atoms with Crippen molar-refractivity contribution in [3.8, 4) is 0 Å². The number of aromatic carboxylic acids is 1. The summed E-state index contributed by atoms with van der Waals surface area (Å²) in [7, 11) is 0. The standard InChI is InChI=1S/C18H22N4O4/c1-11(2)16-19-12(3)10-15(20-16)21-6-8-22(9-7-21)17(23)13-4-5-14(26-13)18(24)25/h4-5,10-11H,6-9H2,1-3H3,(H,24,25). The van der Waals surface area contributed by atoms with Crippen molar-refractivity contribution in [2.45, 2.75) is 26.7 Å². The van der Waals surface area contributed by atoms with Crippen LogP contribution in [0.2, 0.25) is 0 Å². The van der Waals surface area contributed by atoms with Crippen molar-refractivity contribution in [2.24, 2.45) is 0 Å². The Morgan fingerprint density at radius 2 is 1.77 bits per heavy atom. The lowest BCUT2D eigenvalue weighted by atomic mass is 10.2. The number of carbonyl (C=O) groups excluding carboxylic acids is 1. The monoisotopic (exact) mass is 358 g/mol. The third-order valence-electron chi connectivity index (χ3n) is 4.29. The van der Waals surface area contributed by atoms with E-state index in [-0.39, 0.29) is 23.3 Å². The molecule has 26 heavy (non-hydrogen) atoms. The van der Waals surface area contributed by atoms with Crippen LogP contribution in [0.15, 0.2) is 22.6 Å². The quantitative estimate of drug-likeness (QED) is 0.894. The summed E-state index contributed by atoms with van der Waals surface area (Å²) < 4.78 is 5.10. The number of nitrogens with zero attached hydrogens (tertiary/aromatic N) is 4. The van der Waals surface area contributed by atoms with Crippen molar-refractivity contribution in [1.29, 1.82) is 0 Å². The summed E-state index contributed by atoms with van der Waals surface area (Å²) in [5.74, 6) is 0.280. The number of aryl methyl sites for hydroxylation is 1. The maximum Gasteiger partial charge on any atom is 0.371 e. The summed E-state index contributed by atoms with van der Waals surface area (Å²) in [5.41, 5.74) is 0.925. The van der Waals surface area contributed by atoms with E-state index in [1.165, 1.54) is 12.1 Å². The molecule has 0 spiro atoms. The summed E-state index contributed by atoms with van der Waals surface area (Å²) in [6.45, 7) is 8.39. The van der Waals surface area contributed by atoms with Crippen LogP contribution in [0.3, 0.4) is 0 Å². The molecule has 8 nitrogen and oxygen atoms in total. The third kappa shape index (κ3) is 3.68. The van der Waals surface area contributed by atoms with Crippen molar-refractivity contribution in [2.75, 3.05) is 31.1 Å². The number of carboxylic acid groups (broad SMARTS) is 1. The van der Waals surface area contributed by atoms with Gasteiger partial charge in [0.25, 0.3) is 5.91 Å². The molecule has 0 bridgehead atoms. The van der Waals surface area contributed by atoms with Gasteiger partial charge in [0.05, 0.1) is 0 Å². The van der Waals surface area contributed by atoms with Gasteiger partial charge in [0, 0.05) is 43.9 Å². The lowest BCUT2D eigenvalue weighted by Crippen LogP contribution is -2.49. The maximum absolute atomic E-state index is 12.5. The second kappa shape index (κ2) is 7.15. The molecule has 0 unspecified atom stereocenters. The molecule has 3 rings (SSSR count). The van der Waals surface area contributed by atoms with E-state index >= 15 is 0 Å². The fourth-order valence-electron chi connectivity index (χ4n) is 2.86. The number of carboxylic acids is 1. The summed E-state index contributed by atoms with van der Waals surface area (Å²) >= 11 is 0. The number of carbonyl (C=O) groups is 2. The molecule has 1 aliphatic rings. The van der Waals surface area contributed by atoms with Gasteiger partial charge in [-0.25, -0.2) is 14.8 Å². The van der Waals surface area contributed by atoms with Gasteiger partial charge in [-0.2, -0.15) is 0 Å². The molecule has 0 aliphatic carbocycles. The molecule has 0 aromatic carbocycles.